The Balaban J connectivity index is 2.15. The first-order chi connectivity index (χ1) is 10.6. The van der Waals surface area contributed by atoms with Crippen molar-refractivity contribution in [2.75, 3.05) is 7.11 Å². The van der Waals surface area contributed by atoms with Gasteiger partial charge in [0, 0.05) is 17.0 Å². The van der Waals surface area contributed by atoms with Crippen molar-refractivity contribution in [3.63, 3.8) is 0 Å². The summed E-state index contributed by atoms with van der Waals surface area (Å²) in [7, 11) is 1.34. The molecule has 22 heavy (non-hydrogen) atoms. The molecule has 2 aromatic carbocycles. The lowest BCUT2D eigenvalue weighted by Gasteiger charge is -2.10. The molecule has 3 aromatic rings. The van der Waals surface area contributed by atoms with E-state index >= 15 is 0 Å². The molecule has 0 aliphatic carbocycles. The first kappa shape index (κ1) is 14.5. The SMILES string of the molecule is COC(=O)c1cc2c(O)cccc2n1Cc1ccc(Cl)cc1. The number of ether oxygens (including phenoxy) is 1. The second-order valence-electron chi connectivity index (χ2n) is 4.94. The number of carbonyl (C=O) groups is 1. The summed E-state index contributed by atoms with van der Waals surface area (Å²) in [6.07, 6.45) is 0. The molecule has 0 bridgehead atoms. The first-order valence-corrected chi connectivity index (χ1v) is 7.12. The molecule has 0 saturated carbocycles. The Kier molecular flexibility index (Phi) is 3.77. The number of phenols is 1. The third-order valence-corrected chi connectivity index (χ3v) is 3.82. The lowest BCUT2D eigenvalue weighted by atomic mass is 10.2. The van der Waals surface area contributed by atoms with Gasteiger partial charge >= 0.3 is 5.97 Å². The number of hydrogen-bond donors (Lipinski definition) is 1. The molecule has 0 atom stereocenters. The third-order valence-electron chi connectivity index (χ3n) is 3.57. The van der Waals surface area contributed by atoms with Crippen LogP contribution in [0.25, 0.3) is 10.9 Å². The van der Waals surface area contributed by atoms with Crippen LogP contribution < -0.4 is 0 Å². The fourth-order valence-electron chi connectivity index (χ4n) is 2.49. The molecule has 3 rings (SSSR count). The highest BCUT2D eigenvalue weighted by Crippen LogP contribution is 2.29. The van der Waals surface area contributed by atoms with Crippen LogP contribution in [0, 0.1) is 0 Å². The Labute approximate surface area is 132 Å². The van der Waals surface area contributed by atoms with Gasteiger partial charge in [0.05, 0.1) is 12.6 Å². The number of aromatic hydroxyl groups is 1. The molecule has 0 radical (unpaired) electrons. The Morgan fingerprint density at radius 2 is 1.95 bits per heavy atom. The van der Waals surface area contributed by atoms with Crippen molar-refractivity contribution >= 4 is 28.5 Å². The minimum atomic E-state index is -0.440. The van der Waals surface area contributed by atoms with E-state index in [-0.39, 0.29) is 5.75 Å². The number of halogens is 1. The van der Waals surface area contributed by atoms with Gasteiger partial charge in [0.2, 0.25) is 0 Å². The lowest BCUT2D eigenvalue weighted by molar-refractivity contribution is 0.0589. The molecular formula is C17H14ClNO3. The Morgan fingerprint density at radius 1 is 1.23 bits per heavy atom. The minimum Gasteiger partial charge on any atom is -0.507 e. The van der Waals surface area contributed by atoms with Crippen molar-refractivity contribution in [2.24, 2.45) is 0 Å². The zero-order valence-corrected chi connectivity index (χ0v) is 12.7. The Bertz CT molecular complexity index is 837. The molecule has 5 heteroatoms. The van der Waals surface area contributed by atoms with Crippen LogP contribution in [-0.2, 0) is 11.3 Å². The summed E-state index contributed by atoms with van der Waals surface area (Å²) in [5.74, 6) is -0.304. The van der Waals surface area contributed by atoms with Gasteiger partial charge in [-0.3, -0.25) is 0 Å². The topological polar surface area (TPSA) is 51.5 Å². The molecule has 112 valence electrons. The van der Waals surface area contributed by atoms with Crippen LogP contribution in [0.2, 0.25) is 5.02 Å². The molecule has 0 saturated heterocycles. The van der Waals surface area contributed by atoms with Crippen molar-refractivity contribution in [1.29, 1.82) is 0 Å². The highest BCUT2D eigenvalue weighted by molar-refractivity contribution is 6.30. The monoisotopic (exact) mass is 315 g/mol. The fraction of sp³-hybridized carbons (Fsp3) is 0.118. The Hall–Kier alpha value is -2.46. The molecule has 0 aliphatic heterocycles. The van der Waals surface area contributed by atoms with Gasteiger partial charge in [-0.1, -0.05) is 29.8 Å². The first-order valence-electron chi connectivity index (χ1n) is 6.74. The van der Waals surface area contributed by atoms with Crippen molar-refractivity contribution in [1.82, 2.24) is 4.57 Å². The number of nitrogens with zero attached hydrogens (tertiary/aromatic N) is 1. The zero-order chi connectivity index (χ0) is 15.7. The maximum Gasteiger partial charge on any atom is 0.354 e. The van der Waals surface area contributed by atoms with Crippen LogP contribution in [0.3, 0.4) is 0 Å². The van der Waals surface area contributed by atoms with Gasteiger partial charge in [-0.2, -0.15) is 0 Å². The van der Waals surface area contributed by atoms with Crippen LogP contribution in [0.5, 0.6) is 5.75 Å². The van der Waals surface area contributed by atoms with E-state index in [9.17, 15) is 9.90 Å². The van der Waals surface area contributed by atoms with Gasteiger partial charge in [-0.15, -0.1) is 0 Å². The van der Waals surface area contributed by atoms with E-state index in [1.165, 1.54) is 7.11 Å². The van der Waals surface area contributed by atoms with E-state index in [0.29, 0.717) is 22.6 Å². The molecule has 1 aromatic heterocycles. The highest BCUT2D eigenvalue weighted by Gasteiger charge is 2.17. The molecular weight excluding hydrogens is 302 g/mol. The molecule has 1 heterocycles. The van der Waals surface area contributed by atoms with E-state index in [0.717, 1.165) is 11.1 Å². The number of hydrogen-bond acceptors (Lipinski definition) is 3. The standard InChI is InChI=1S/C17H14ClNO3/c1-22-17(21)15-9-13-14(3-2-4-16(13)20)19(15)10-11-5-7-12(18)8-6-11/h2-9,20H,10H2,1H3. The third kappa shape index (κ3) is 2.53. The van der Waals surface area contributed by atoms with Gasteiger partial charge in [0.1, 0.15) is 11.4 Å². The van der Waals surface area contributed by atoms with Crippen molar-refractivity contribution in [3.8, 4) is 5.75 Å². The maximum absolute atomic E-state index is 12.0. The number of esters is 1. The number of carbonyl (C=O) groups excluding carboxylic acids is 1. The molecule has 0 spiro atoms. The van der Waals surface area contributed by atoms with Crippen LogP contribution >= 0.6 is 11.6 Å². The van der Waals surface area contributed by atoms with E-state index < -0.39 is 5.97 Å². The molecule has 0 unspecified atom stereocenters. The molecule has 0 fully saturated rings. The molecule has 1 N–H and O–H groups in total. The number of benzene rings is 2. The summed E-state index contributed by atoms with van der Waals surface area (Å²) in [4.78, 5) is 12.0. The molecule has 0 amide bonds. The summed E-state index contributed by atoms with van der Waals surface area (Å²) < 4.78 is 6.66. The van der Waals surface area contributed by atoms with E-state index in [4.69, 9.17) is 16.3 Å². The summed E-state index contributed by atoms with van der Waals surface area (Å²) in [6, 6.07) is 14.3. The van der Waals surface area contributed by atoms with Gasteiger partial charge in [0.15, 0.2) is 0 Å². The summed E-state index contributed by atoms with van der Waals surface area (Å²) in [6.45, 7) is 0.481. The minimum absolute atomic E-state index is 0.137. The summed E-state index contributed by atoms with van der Waals surface area (Å²) in [5.41, 5.74) is 2.17. The number of aromatic nitrogens is 1. The summed E-state index contributed by atoms with van der Waals surface area (Å²) in [5, 5.41) is 11.3. The van der Waals surface area contributed by atoms with Gasteiger partial charge in [0.25, 0.3) is 0 Å². The predicted molar refractivity (Wildman–Crippen MR) is 85.5 cm³/mol. The van der Waals surface area contributed by atoms with E-state index in [2.05, 4.69) is 0 Å². The predicted octanol–water partition coefficient (Wildman–Crippen LogP) is 3.84. The second kappa shape index (κ2) is 5.73. The average molecular weight is 316 g/mol. The maximum atomic E-state index is 12.0. The number of phenolic OH excluding ortho intramolecular Hbond substituents is 1. The molecule has 4 nitrogen and oxygen atoms in total. The normalized spacial score (nSPS) is 10.8. The second-order valence-corrected chi connectivity index (χ2v) is 5.38. The van der Waals surface area contributed by atoms with Crippen LogP contribution in [-0.4, -0.2) is 22.8 Å². The van der Waals surface area contributed by atoms with Gasteiger partial charge < -0.3 is 14.4 Å². The summed E-state index contributed by atoms with van der Waals surface area (Å²) >= 11 is 5.90. The lowest BCUT2D eigenvalue weighted by Crippen LogP contribution is -2.11. The van der Waals surface area contributed by atoms with Crippen LogP contribution in [0.15, 0.2) is 48.5 Å². The van der Waals surface area contributed by atoms with Crippen molar-refractivity contribution in [2.45, 2.75) is 6.54 Å². The number of fused-ring (bicyclic) bond motifs is 1. The molecule has 0 aliphatic rings. The smallest absolute Gasteiger partial charge is 0.354 e. The Morgan fingerprint density at radius 3 is 2.64 bits per heavy atom. The largest absolute Gasteiger partial charge is 0.507 e. The van der Waals surface area contributed by atoms with Crippen molar-refractivity contribution in [3.05, 3.63) is 64.8 Å². The van der Waals surface area contributed by atoms with Crippen LogP contribution in [0.1, 0.15) is 16.1 Å². The van der Waals surface area contributed by atoms with E-state index in [1.807, 2.05) is 22.8 Å². The quantitative estimate of drug-likeness (QED) is 0.747. The van der Waals surface area contributed by atoms with Crippen LogP contribution in [0.4, 0.5) is 0 Å². The van der Waals surface area contributed by atoms with E-state index in [1.54, 1.807) is 30.3 Å². The van der Waals surface area contributed by atoms with Gasteiger partial charge in [-0.05, 0) is 35.9 Å². The average Bonchev–Trinajstić information content (AvgIpc) is 2.89. The van der Waals surface area contributed by atoms with Gasteiger partial charge in [-0.25, -0.2) is 4.79 Å². The number of rotatable bonds is 3. The van der Waals surface area contributed by atoms with Crippen molar-refractivity contribution < 1.29 is 14.6 Å². The number of methoxy groups -OCH3 is 1. The highest BCUT2D eigenvalue weighted by atomic mass is 35.5. The fourth-order valence-corrected chi connectivity index (χ4v) is 2.61. The zero-order valence-electron chi connectivity index (χ0n) is 11.9.